The summed E-state index contributed by atoms with van der Waals surface area (Å²) in [6, 6.07) is 11.5. The number of hydrogen-bond acceptors (Lipinski definition) is 17. The molecule has 2 aromatic carbocycles. The first-order valence-corrected chi connectivity index (χ1v) is 18.2. The van der Waals surface area contributed by atoms with E-state index in [4.69, 9.17) is 30.3 Å². The van der Waals surface area contributed by atoms with Crippen molar-refractivity contribution in [2.24, 2.45) is 0 Å². The molecule has 0 saturated heterocycles. The Kier molecular flexibility index (Phi) is 17.4. The number of rotatable bonds is 24. The second kappa shape index (κ2) is 22.2. The van der Waals surface area contributed by atoms with Gasteiger partial charge in [0.15, 0.2) is 5.69 Å². The van der Waals surface area contributed by atoms with Crippen LogP contribution in [0, 0.1) is 0 Å². The minimum absolute atomic E-state index is 0.0580. The van der Waals surface area contributed by atoms with Gasteiger partial charge in [-0.25, -0.2) is 9.78 Å². The molecule has 0 spiro atoms. The number of nitrogens with one attached hydrogen (secondary N) is 2. The van der Waals surface area contributed by atoms with Crippen LogP contribution < -0.4 is 5.32 Å². The highest BCUT2D eigenvalue weighted by Gasteiger charge is 2.62. The molecule has 328 valence electrons. The summed E-state index contributed by atoms with van der Waals surface area (Å²) in [5.41, 5.74) is -0.839. The number of aromatic nitrogens is 6. The first-order valence-electron chi connectivity index (χ1n) is 18.2. The maximum atomic E-state index is 15.3. The highest BCUT2D eigenvalue weighted by molar-refractivity contribution is 5.97. The van der Waals surface area contributed by atoms with Gasteiger partial charge in [0.25, 0.3) is 5.91 Å². The standard InChI is InChI=1S/C35H42F5N9O11/c1-2-9-27-42-30(34(36,37)35(38,39)40)29(47(27)21-22-12-14-23(15-13-22)24-10-3-4-11-25(24)31-43-45-46-44-31)32(51)41-26(33(52)58-17-6-8-19-60-49(55)56)20-28(50)57-16-5-7-18-59-48(53)54/h3-4,10-15,26,53-56H,2,5-9,16-21H2,1H3,(H,41,51)(H,43,44,45,46). The van der Waals surface area contributed by atoms with Crippen molar-refractivity contribution in [1.29, 1.82) is 0 Å². The van der Waals surface area contributed by atoms with Crippen molar-refractivity contribution in [2.45, 2.75) is 76.6 Å². The third-order valence-corrected chi connectivity index (χ3v) is 8.47. The summed E-state index contributed by atoms with van der Waals surface area (Å²) < 4.78 is 83.6. The average Bonchev–Trinajstić information content (AvgIpc) is 3.86. The third kappa shape index (κ3) is 13.2. The normalized spacial score (nSPS) is 12.5. The summed E-state index contributed by atoms with van der Waals surface area (Å²) in [5.74, 6) is -9.65. The average molecular weight is 860 g/mol. The second-order valence-electron chi connectivity index (χ2n) is 12.8. The Hall–Kier alpha value is -5.54. The number of hydrogen-bond donors (Lipinski definition) is 6. The number of aromatic amines is 1. The predicted octanol–water partition coefficient (Wildman–Crippen LogP) is 4.54. The molecule has 0 aliphatic carbocycles. The lowest BCUT2D eigenvalue weighted by Crippen LogP contribution is -2.45. The number of tetrazole rings is 1. The van der Waals surface area contributed by atoms with Gasteiger partial charge in [0.2, 0.25) is 5.82 Å². The minimum atomic E-state index is -6.20. The zero-order valence-electron chi connectivity index (χ0n) is 31.8. The van der Waals surface area contributed by atoms with E-state index in [-0.39, 0.29) is 70.8 Å². The molecule has 1 unspecified atom stereocenters. The Labute approximate surface area is 337 Å². The molecule has 0 fully saturated rings. The molecule has 4 aromatic rings. The fourth-order valence-corrected chi connectivity index (χ4v) is 5.65. The van der Waals surface area contributed by atoms with Crippen LogP contribution in [-0.4, -0.2) is 118 Å². The second-order valence-corrected chi connectivity index (χ2v) is 12.8. The van der Waals surface area contributed by atoms with Crippen LogP contribution in [0.3, 0.4) is 0 Å². The lowest BCUT2D eigenvalue weighted by atomic mass is 9.98. The van der Waals surface area contributed by atoms with Crippen LogP contribution >= 0.6 is 0 Å². The minimum Gasteiger partial charge on any atom is -0.466 e. The number of amides is 1. The molecule has 0 bridgehead atoms. The number of H-pyrrole nitrogens is 1. The molecule has 2 heterocycles. The highest BCUT2D eigenvalue weighted by atomic mass is 19.4. The maximum Gasteiger partial charge on any atom is 0.459 e. The van der Waals surface area contributed by atoms with Gasteiger partial charge in [0, 0.05) is 18.5 Å². The zero-order valence-corrected chi connectivity index (χ0v) is 31.8. The molecule has 60 heavy (non-hydrogen) atoms. The number of alkyl halides is 5. The lowest BCUT2D eigenvalue weighted by Gasteiger charge is -2.21. The SMILES string of the molecule is CCCc1nc(C(F)(F)C(F)(F)F)c(C(=O)NC(CC(=O)OCCCCON(O)O)C(=O)OCCCCON(O)O)n1Cc1ccc(-c2ccccc2-c2nn[nH]n2)cc1. The van der Waals surface area contributed by atoms with Crippen molar-refractivity contribution in [3.63, 3.8) is 0 Å². The van der Waals surface area contributed by atoms with E-state index in [1.807, 2.05) is 0 Å². The van der Waals surface area contributed by atoms with Gasteiger partial charge in [-0.05, 0) is 54.0 Å². The van der Waals surface area contributed by atoms with E-state index in [0.29, 0.717) is 28.1 Å². The summed E-state index contributed by atoms with van der Waals surface area (Å²) in [4.78, 5) is 52.5. The Morgan fingerprint density at radius 1 is 0.850 bits per heavy atom. The van der Waals surface area contributed by atoms with Crippen molar-refractivity contribution < 1.29 is 76.3 Å². The summed E-state index contributed by atoms with van der Waals surface area (Å²) in [6.07, 6.45) is -6.63. The number of imidazole rings is 1. The molecule has 2 aromatic heterocycles. The van der Waals surface area contributed by atoms with Crippen LogP contribution in [0.1, 0.15) is 73.0 Å². The Morgan fingerprint density at radius 2 is 1.45 bits per heavy atom. The van der Waals surface area contributed by atoms with Gasteiger partial charge in [0.1, 0.15) is 17.6 Å². The summed E-state index contributed by atoms with van der Waals surface area (Å²) in [7, 11) is 0. The fraction of sp³-hybridized carbons (Fsp3) is 0.457. The molecular weight excluding hydrogens is 817 g/mol. The van der Waals surface area contributed by atoms with E-state index in [9.17, 15) is 27.6 Å². The number of unbranched alkanes of at least 4 members (excludes halogenated alkanes) is 2. The smallest absolute Gasteiger partial charge is 0.459 e. The Bertz CT molecular complexity index is 1980. The van der Waals surface area contributed by atoms with Gasteiger partial charge >= 0.3 is 24.0 Å². The molecular formula is C35H42F5N9O11. The predicted molar refractivity (Wildman–Crippen MR) is 189 cm³/mol. The number of ether oxygens (including phenoxy) is 2. The first kappa shape index (κ1) is 47.1. The van der Waals surface area contributed by atoms with Crippen molar-refractivity contribution >= 4 is 17.8 Å². The quantitative estimate of drug-likeness (QED) is 0.0244. The van der Waals surface area contributed by atoms with Crippen molar-refractivity contribution in [3.8, 4) is 22.5 Å². The van der Waals surface area contributed by atoms with Crippen LogP contribution in [0.15, 0.2) is 48.5 Å². The van der Waals surface area contributed by atoms with Crippen molar-refractivity contribution in [1.82, 2.24) is 46.3 Å². The molecule has 0 radical (unpaired) electrons. The molecule has 1 atom stereocenters. The summed E-state index contributed by atoms with van der Waals surface area (Å²) in [5, 5.41) is 49.5. The van der Waals surface area contributed by atoms with Crippen molar-refractivity contribution in [2.75, 3.05) is 26.4 Å². The summed E-state index contributed by atoms with van der Waals surface area (Å²) in [6.45, 7) is 0.111. The molecule has 4 rings (SSSR count). The van der Waals surface area contributed by atoms with Crippen LogP contribution in [0.5, 0.6) is 0 Å². The molecule has 25 heteroatoms. The number of carbonyl (C=O) groups excluding carboxylic acids is 3. The van der Waals surface area contributed by atoms with Gasteiger partial charge in [-0.3, -0.25) is 40.1 Å². The molecule has 20 nitrogen and oxygen atoms in total. The molecule has 0 saturated carbocycles. The van der Waals surface area contributed by atoms with E-state index in [1.165, 1.54) is 0 Å². The van der Waals surface area contributed by atoms with Crippen molar-refractivity contribution in [3.05, 3.63) is 71.3 Å². The number of halogens is 5. The monoisotopic (exact) mass is 859 g/mol. The van der Waals surface area contributed by atoms with E-state index in [0.717, 1.165) is 4.57 Å². The van der Waals surface area contributed by atoms with E-state index in [2.05, 4.69) is 40.6 Å². The van der Waals surface area contributed by atoms with Gasteiger partial charge in [-0.2, -0.15) is 27.2 Å². The fourth-order valence-electron chi connectivity index (χ4n) is 5.65. The first-order chi connectivity index (χ1) is 28.5. The van der Waals surface area contributed by atoms with Gasteiger partial charge in [0.05, 0.1) is 43.6 Å². The van der Waals surface area contributed by atoms with Gasteiger partial charge in [-0.1, -0.05) is 55.5 Å². The largest absolute Gasteiger partial charge is 0.466 e. The van der Waals surface area contributed by atoms with Crippen LogP contribution in [0.4, 0.5) is 22.0 Å². The summed E-state index contributed by atoms with van der Waals surface area (Å²) >= 11 is 0. The molecule has 1 amide bonds. The van der Waals surface area contributed by atoms with Crippen LogP contribution in [-0.2, 0) is 47.6 Å². The molecule has 0 aliphatic heterocycles. The van der Waals surface area contributed by atoms with Gasteiger partial charge < -0.3 is 19.4 Å². The van der Waals surface area contributed by atoms with Crippen LogP contribution in [0.2, 0.25) is 0 Å². The number of benzene rings is 2. The lowest BCUT2D eigenvalue weighted by molar-refractivity contribution is -0.492. The Balaban J connectivity index is 1.66. The number of nitrogens with zero attached hydrogens (tertiary/aromatic N) is 7. The number of esters is 2. The van der Waals surface area contributed by atoms with Gasteiger partial charge in [-0.15, -0.1) is 10.2 Å². The molecule has 0 aliphatic rings. The number of aryl methyl sites for hydroxylation is 1. The van der Waals surface area contributed by atoms with Crippen LogP contribution in [0.25, 0.3) is 22.5 Å². The van der Waals surface area contributed by atoms with E-state index in [1.54, 1.807) is 55.5 Å². The molecule has 6 N–H and O–H groups in total. The topological polar surface area (TPSA) is 260 Å². The zero-order chi connectivity index (χ0) is 43.9. The third-order valence-electron chi connectivity index (χ3n) is 8.47. The van der Waals surface area contributed by atoms with E-state index < -0.39 is 71.1 Å². The Morgan fingerprint density at radius 3 is 2.02 bits per heavy atom. The highest BCUT2D eigenvalue weighted by Crippen LogP contribution is 2.45. The maximum absolute atomic E-state index is 15.3. The van der Waals surface area contributed by atoms with E-state index >= 15 is 8.78 Å². The number of carbonyl (C=O) groups is 3.